The molecular weight excluding hydrogens is 222 g/mol. The lowest BCUT2D eigenvalue weighted by molar-refractivity contribution is 0.0489. The Labute approximate surface area is 101 Å². The van der Waals surface area contributed by atoms with Gasteiger partial charge in [0.25, 0.3) is 0 Å². The van der Waals surface area contributed by atoms with Gasteiger partial charge in [0.2, 0.25) is 0 Å². The van der Waals surface area contributed by atoms with Crippen molar-refractivity contribution in [3.63, 3.8) is 0 Å². The van der Waals surface area contributed by atoms with Crippen LogP contribution in [0.1, 0.15) is 39.0 Å². The lowest BCUT2D eigenvalue weighted by Gasteiger charge is -2.22. The van der Waals surface area contributed by atoms with Gasteiger partial charge in [0.1, 0.15) is 11.4 Å². The predicted octanol–water partition coefficient (Wildman–Crippen LogP) is 2.23. The highest BCUT2D eigenvalue weighted by Gasteiger charge is 2.21. The van der Waals surface area contributed by atoms with Gasteiger partial charge in [0.05, 0.1) is 12.3 Å². The second-order valence-electron chi connectivity index (χ2n) is 4.73. The van der Waals surface area contributed by atoms with Crippen molar-refractivity contribution in [3.8, 4) is 0 Å². The van der Waals surface area contributed by atoms with Gasteiger partial charge in [0, 0.05) is 6.61 Å². The molecule has 5 nitrogen and oxygen atoms in total. The van der Waals surface area contributed by atoms with Gasteiger partial charge in [-0.05, 0) is 39.3 Å². The number of ether oxygens (including phenoxy) is 1. The molecule has 0 aromatic carbocycles. The van der Waals surface area contributed by atoms with Crippen molar-refractivity contribution in [1.29, 1.82) is 0 Å². The normalized spacial score (nSPS) is 13.2. The monoisotopic (exact) mass is 241 g/mol. The van der Waals surface area contributed by atoms with E-state index in [1.165, 1.54) is 6.26 Å². The lowest BCUT2D eigenvalue weighted by atomic mass is 10.1. The van der Waals surface area contributed by atoms with Gasteiger partial charge >= 0.3 is 6.09 Å². The van der Waals surface area contributed by atoms with E-state index >= 15 is 0 Å². The fourth-order valence-corrected chi connectivity index (χ4v) is 1.35. The molecule has 1 rings (SSSR count). The smallest absolute Gasteiger partial charge is 0.408 e. The third-order valence-electron chi connectivity index (χ3n) is 2.00. The molecule has 0 spiro atoms. The molecule has 17 heavy (non-hydrogen) atoms. The molecule has 1 atom stereocenters. The predicted molar refractivity (Wildman–Crippen MR) is 62.5 cm³/mol. The van der Waals surface area contributed by atoms with E-state index in [4.69, 9.17) is 14.3 Å². The highest BCUT2D eigenvalue weighted by Crippen LogP contribution is 2.18. The Kier molecular flexibility index (Phi) is 4.57. The van der Waals surface area contributed by atoms with Crippen molar-refractivity contribution < 1.29 is 19.1 Å². The average Bonchev–Trinajstić information content (AvgIpc) is 2.66. The number of hydrogen-bond acceptors (Lipinski definition) is 4. The maximum atomic E-state index is 11.6. The molecule has 1 heterocycles. The summed E-state index contributed by atoms with van der Waals surface area (Å²) in [6, 6.07) is 3.11. The van der Waals surface area contributed by atoms with Crippen molar-refractivity contribution in [1.82, 2.24) is 5.32 Å². The lowest BCUT2D eigenvalue weighted by Crippen LogP contribution is -2.35. The Hall–Kier alpha value is -1.49. The van der Waals surface area contributed by atoms with Crippen LogP contribution in [0.15, 0.2) is 22.8 Å². The molecule has 0 unspecified atom stereocenters. The molecular formula is C12H19NO4. The summed E-state index contributed by atoms with van der Waals surface area (Å²) in [7, 11) is 0. The highest BCUT2D eigenvalue weighted by atomic mass is 16.6. The van der Waals surface area contributed by atoms with Gasteiger partial charge in [-0.2, -0.15) is 0 Å². The Morgan fingerprint density at radius 2 is 2.29 bits per heavy atom. The molecule has 1 amide bonds. The minimum atomic E-state index is -0.545. The maximum Gasteiger partial charge on any atom is 0.408 e. The molecule has 96 valence electrons. The summed E-state index contributed by atoms with van der Waals surface area (Å²) in [6.07, 6.45) is 1.39. The van der Waals surface area contributed by atoms with E-state index in [0.29, 0.717) is 12.2 Å². The SMILES string of the molecule is CC(C)(C)OC(=O)N[C@H](CCO)c1ccco1. The molecule has 2 N–H and O–H groups in total. The first-order valence-electron chi connectivity index (χ1n) is 5.56. The molecule has 1 aromatic heterocycles. The van der Waals surface area contributed by atoms with Crippen LogP contribution in [0.4, 0.5) is 4.79 Å². The first-order chi connectivity index (χ1) is 7.92. The van der Waals surface area contributed by atoms with Gasteiger partial charge in [0.15, 0.2) is 0 Å². The molecule has 0 aliphatic rings. The Morgan fingerprint density at radius 3 is 2.76 bits per heavy atom. The van der Waals surface area contributed by atoms with Crippen molar-refractivity contribution in [2.24, 2.45) is 0 Å². The van der Waals surface area contributed by atoms with Crippen LogP contribution in [0.2, 0.25) is 0 Å². The molecule has 0 aliphatic carbocycles. The minimum Gasteiger partial charge on any atom is -0.467 e. The summed E-state index contributed by atoms with van der Waals surface area (Å²) < 4.78 is 10.3. The maximum absolute atomic E-state index is 11.6. The zero-order chi connectivity index (χ0) is 12.9. The zero-order valence-electron chi connectivity index (χ0n) is 10.4. The highest BCUT2D eigenvalue weighted by molar-refractivity contribution is 5.68. The number of rotatable bonds is 4. The van der Waals surface area contributed by atoms with Crippen molar-refractivity contribution in [2.45, 2.75) is 38.8 Å². The van der Waals surface area contributed by atoms with E-state index in [9.17, 15) is 4.79 Å². The molecule has 0 bridgehead atoms. The number of carbonyl (C=O) groups excluding carboxylic acids is 1. The molecule has 0 radical (unpaired) electrons. The number of furan rings is 1. The number of aliphatic hydroxyl groups is 1. The summed E-state index contributed by atoms with van der Waals surface area (Å²) in [6.45, 7) is 5.34. The third-order valence-corrected chi connectivity index (χ3v) is 2.00. The Morgan fingerprint density at radius 1 is 1.59 bits per heavy atom. The van der Waals surface area contributed by atoms with E-state index in [-0.39, 0.29) is 12.6 Å². The standard InChI is InChI=1S/C12H19NO4/c1-12(2,3)17-11(15)13-9(6-7-14)10-5-4-8-16-10/h4-5,8-9,14H,6-7H2,1-3H3,(H,13,15)/t9-/m1/s1. The third kappa shape index (κ3) is 4.91. The van der Waals surface area contributed by atoms with Gasteiger partial charge in [-0.15, -0.1) is 0 Å². The fourth-order valence-electron chi connectivity index (χ4n) is 1.35. The zero-order valence-corrected chi connectivity index (χ0v) is 10.4. The van der Waals surface area contributed by atoms with E-state index in [1.807, 2.05) is 0 Å². The van der Waals surface area contributed by atoms with E-state index < -0.39 is 11.7 Å². The van der Waals surface area contributed by atoms with Crippen LogP contribution < -0.4 is 5.32 Å². The Balaban J connectivity index is 2.59. The van der Waals surface area contributed by atoms with Crippen molar-refractivity contribution in [2.75, 3.05) is 6.61 Å². The van der Waals surface area contributed by atoms with E-state index in [0.717, 1.165) is 0 Å². The fraction of sp³-hybridized carbons (Fsp3) is 0.583. The summed E-state index contributed by atoms with van der Waals surface area (Å²) in [5.74, 6) is 0.602. The van der Waals surface area contributed by atoms with Crippen LogP contribution in [-0.2, 0) is 4.74 Å². The van der Waals surface area contributed by atoms with Crippen molar-refractivity contribution in [3.05, 3.63) is 24.2 Å². The second kappa shape index (κ2) is 5.72. The molecule has 0 saturated carbocycles. The van der Waals surface area contributed by atoms with Gasteiger partial charge < -0.3 is 19.6 Å². The summed E-state index contributed by atoms with van der Waals surface area (Å²) >= 11 is 0. The van der Waals surface area contributed by atoms with Crippen molar-refractivity contribution >= 4 is 6.09 Å². The summed E-state index contributed by atoms with van der Waals surface area (Å²) in [5, 5.41) is 11.6. The van der Waals surface area contributed by atoms with E-state index in [2.05, 4.69) is 5.32 Å². The molecule has 5 heteroatoms. The number of carbonyl (C=O) groups is 1. The number of hydrogen-bond donors (Lipinski definition) is 2. The molecule has 0 saturated heterocycles. The second-order valence-corrected chi connectivity index (χ2v) is 4.73. The van der Waals surface area contributed by atoms with Gasteiger partial charge in [-0.1, -0.05) is 0 Å². The number of alkyl carbamates (subject to hydrolysis) is 1. The summed E-state index contributed by atoms with van der Waals surface area (Å²) in [4.78, 5) is 11.6. The first-order valence-corrected chi connectivity index (χ1v) is 5.56. The number of aliphatic hydroxyl groups excluding tert-OH is 1. The number of nitrogens with one attached hydrogen (secondary N) is 1. The van der Waals surface area contributed by atoms with Crippen LogP contribution >= 0.6 is 0 Å². The van der Waals surface area contributed by atoms with Crippen LogP contribution in [0.3, 0.4) is 0 Å². The topological polar surface area (TPSA) is 71.7 Å². The van der Waals surface area contributed by atoms with Gasteiger partial charge in [-0.3, -0.25) is 0 Å². The summed E-state index contributed by atoms with van der Waals surface area (Å²) in [5.41, 5.74) is -0.545. The number of amides is 1. The minimum absolute atomic E-state index is 0.0405. The molecule has 1 aromatic rings. The van der Waals surface area contributed by atoms with Crippen LogP contribution in [0.25, 0.3) is 0 Å². The molecule has 0 aliphatic heterocycles. The van der Waals surface area contributed by atoms with Gasteiger partial charge in [-0.25, -0.2) is 4.79 Å². The van der Waals surface area contributed by atoms with Crippen LogP contribution in [0.5, 0.6) is 0 Å². The van der Waals surface area contributed by atoms with Crippen LogP contribution in [0, 0.1) is 0 Å². The largest absolute Gasteiger partial charge is 0.467 e. The quantitative estimate of drug-likeness (QED) is 0.847. The first kappa shape index (κ1) is 13.6. The van der Waals surface area contributed by atoms with Crippen LogP contribution in [-0.4, -0.2) is 23.4 Å². The molecule has 0 fully saturated rings. The Bertz CT molecular complexity index is 340. The van der Waals surface area contributed by atoms with E-state index in [1.54, 1.807) is 32.9 Å². The average molecular weight is 241 g/mol.